The first kappa shape index (κ1) is 24.9. The van der Waals surface area contributed by atoms with Crippen molar-refractivity contribution in [1.29, 1.82) is 0 Å². The van der Waals surface area contributed by atoms with E-state index in [-0.39, 0.29) is 47.7 Å². The Kier molecular flexibility index (Phi) is 7.54. The summed E-state index contributed by atoms with van der Waals surface area (Å²) in [6.45, 7) is 0.237. The molecule has 1 aliphatic rings. The molecule has 1 saturated carbocycles. The van der Waals surface area contributed by atoms with Gasteiger partial charge in [0.05, 0.1) is 5.56 Å². The Hall–Kier alpha value is -2.78. The van der Waals surface area contributed by atoms with Crippen LogP contribution in [0.25, 0.3) is 0 Å². The molecule has 0 unspecified atom stereocenters. The number of oxime groups is 1. The lowest BCUT2D eigenvalue weighted by molar-refractivity contribution is -0.140. The van der Waals surface area contributed by atoms with Gasteiger partial charge >= 0.3 is 6.18 Å². The van der Waals surface area contributed by atoms with Gasteiger partial charge in [0, 0.05) is 19.0 Å². The molecule has 1 heterocycles. The van der Waals surface area contributed by atoms with Gasteiger partial charge in [-0.05, 0) is 59.6 Å². The largest absolute Gasteiger partial charge is 0.419 e. The number of anilines is 1. The standard InChI is InChI=1S/C18H22F4N6O4S/c19-14-6-3-11(7-13(14)18(20,21)22)8-15(26-29)16-17(28-32-27-16)25-12-4-1-10(2-5-12)9-24-33(23,30)31/h3,6-7,10,12,24,29H,1-2,4-5,8-9H2,(H,25,28)(H2,23,30,31). The maximum absolute atomic E-state index is 13.5. The van der Waals surface area contributed by atoms with Gasteiger partial charge in [0.25, 0.3) is 10.2 Å². The Morgan fingerprint density at radius 2 is 1.94 bits per heavy atom. The van der Waals surface area contributed by atoms with Crippen LogP contribution in [0.2, 0.25) is 0 Å². The molecule has 0 spiro atoms. The second-order valence-electron chi connectivity index (χ2n) is 7.75. The lowest BCUT2D eigenvalue weighted by atomic mass is 9.86. The third-order valence-corrected chi connectivity index (χ3v) is 5.92. The van der Waals surface area contributed by atoms with Crippen LogP contribution in [0.3, 0.4) is 0 Å². The number of nitrogens with two attached hydrogens (primary N) is 1. The first-order chi connectivity index (χ1) is 15.5. The number of nitrogens with one attached hydrogen (secondary N) is 2. The van der Waals surface area contributed by atoms with Crippen LogP contribution in [0.5, 0.6) is 0 Å². The van der Waals surface area contributed by atoms with E-state index in [1.54, 1.807) is 0 Å². The molecule has 0 saturated heterocycles. The average Bonchev–Trinajstić information content (AvgIpc) is 3.19. The van der Waals surface area contributed by atoms with E-state index in [0.29, 0.717) is 37.8 Å². The summed E-state index contributed by atoms with van der Waals surface area (Å²) in [6, 6.07) is 2.41. The molecule has 3 rings (SSSR count). The van der Waals surface area contributed by atoms with Gasteiger partial charge in [-0.15, -0.1) is 0 Å². The number of halogens is 4. The number of alkyl halides is 3. The van der Waals surface area contributed by atoms with Crippen molar-refractivity contribution in [3.63, 3.8) is 0 Å². The van der Waals surface area contributed by atoms with E-state index in [4.69, 9.17) is 9.77 Å². The fraction of sp³-hybridized carbons (Fsp3) is 0.500. The summed E-state index contributed by atoms with van der Waals surface area (Å²) in [5.41, 5.74) is -1.49. The van der Waals surface area contributed by atoms with Crippen molar-refractivity contribution in [2.45, 2.75) is 44.3 Å². The van der Waals surface area contributed by atoms with Crippen molar-refractivity contribution < 1.29 is 35.8 Å². The maximum Gasteiger partial charge on any atom is 0.419 e. The van der Waals surface area contributed by atoms with Crippen LogP contribution in [0.15, 0.2) is 28.0 Å². The molecular formula is C18H22F4N6O4S. The quantitative estimate of drug-likeness (QED) is 0.190. The van der Waals surface area contributed by atoms with Crippen LogP contribution in [0, 0.1) is 11.7 Å². The predicted molar refractivity (Wildman–Crippen MR) is 108 cm³/mol. The van der Waals surface area contributed by atoms with Gasteiger partial charge in [-0.1, -0.05) is 11.2 Å². The third kappa shape index (κ3) is 6.85. The highest BCUT2D eigenvalue weighted by Crippen LogP contribution is 2.32. The van der Waals surface area contributed by atoms with Gasteiger partial charge in [-0.2, -0.15) is 21.6 Å². The Morgan fingerprint density at radius 3 is 2.55 bits per heavy atom. The molecule has 0 radical (unpaired) electrons. The number of rotatable bonds is 8. The number of hydrogen-bond acceptors (Lipinski definition) is 8. The van der Waals surface area contributed by atoms with Crippen molar-refractivity contribution in [1.82, 2.24) is 15.0 Å². The highest BCUT2D eigenvalue weighted by Gasteiger charge is 2.34. The molecule has 0 bridgehead atoms. The Labute approximate surface area is 186 Å². The molecule has 1 aromatic heterocycles. The van der Waals surface area contributed by atoms with E-state index in [1.165, 1.54) is 0 Å². The van der Waals surface area contributed by atoms with Crippen molar-refractivity contribution in [2.24, 2.45) is 16.2 Å². The van der Waals surface area contributed by atoms with E-state index in [2.05, 4.69) is 25.5 Å². The SMILES string of the molecule is NS(=O)(=O)NCC1CCC(Nc2nonc2C(Cc2ccc(F)c(C(F)(F)F)c2)=NO)CC1. The summed E-state index contributed by atoms with van der Waals surface area (Å²) in [5, 5.41) is 28.0. The van der Waals surface area contributed by atoms with Crippen molar-refractivity contribution in [2.75, 3.05) is 11.9 Å². The van der Waals surface area contributed by atoms with Crippen molar-refractivity contribution >= 4 is 21.7 Å². The van der Waals surface area contributed by atoms with Crippen LogP contribution >= 0.6 is 0 Å². The molecule has 1 fully saturated rings. The monoisotopic (exact) mass is 494 g/mol. The van der Waals surface area contributed by atoms with Gasteiger partial charge in [-0.25, -0.2) is 18.9 Å². The minimum Gasteiger partial charge on any atom is -0.411 e. The maximum atomic E-state index is 13.5. The van der Waals surface area contributed by atoms with Gasteiger partial charge in [0.15, 0.2) is 5.69 Å². The van der Waals surface area contributed by atoms with Crippen LogP contribution < -0.4 is 15.2 Å². The van der Waals surface area contributed by atoms with Crippen LogP contribution in [0.1, 0.15) is 42.5 Å². The van der Waals surface area contributed by atoms with Crippen LogP contribution in [0.4, 0.5) is 23.4 Å². The number of nitrogens with zero attached hydrogens (tertiary/aromatic N) is 3. The van der Waals surface area contributed by atoms with E-state index < -0.39 is 27.8 Å². The van der Waals surface area contributed by atoms with E-state index in [0.717, 1.165) is 6.07 Å². The summed E-state index contributed by atoms with van der Waals surface area (Å²) in [7, 11) is -3.75. The van der Waals surface area contributed by atoms with Crippen LogP contribution in [-0.2, 0) is 22.8 Å². The fourth-order valence-electron chi connectivity index (χ4n) is 3.67. The average molecular weight is 494 g/mol. The highest BCUT2D eigenvalue weighted by atomic mass is 32.2. The number of hydrogen-bond donors (Lipinski definition) is 4. The molecule has 33 heavy (non-hydrogen) atoms. The lowest BCUT2D eigenvalue weighted by Crippen LogP contribution is -2.37. The summed E-state index contributed by atoms with van der Waals surface area (Å²) in [5.74, 6) is -1.15. The zero-order chi connectivity index (χ0) is 24.2. The topological polar surface area (TPSA) is 156 Å². The fourth-order valence-corrected chi connectivity index (χ4v) is 4.14. The molecule has 182 valence electrons. The number of aromatic nitrogens is 2. The molecule has 5 N–H and O–H groups in total. The molecular weight excluding hydrogens is 472 g/mol. The molecule has 0 aliphatic heterocycles. The normalized spacial score (nSPS) is 20.1. The minimum atomic E-state index is -4.87. The van der Waals surface area contributed by atoms with Gasteiger partial charge in [0.1, 0.15) is 11.5 Å². The van der Waals surface area contributed by atoms with E-state index in [9.17, 15) is 31.2 Å². The number of benzene rings is 1. The molecule has 1 aliphatic carbocycles. The lowest BCUT2D eigenvalue weighted by Gasteiger charge is -2.29. The molecule has 0 amide bonds. The zero-order valence-corrected chi connectivity index (χ0v) is 18.0. The van der Waals surface area contributed by atoms with E-state index >= 15 is 0 Å². The second-order valence-corrected chi connectivity index (χ2v) is 9.13. The first-order valence-electron chi connectivity index (χ1n) is 9.89. The Morgan fingerprint density at radius 1 is 1.24 bits per heavy atom. The molecule has 15 heteroatoms. The minimum absolute atomic E-state index is 0.00778. The predicted octanol–water partition coefficient (Wildman–Crippen LogP) is 2.41. The molecule has 0 atom stereocenters. The summed E-state index contributed by atoms with van der Waals surface area (Å²) >= 11 is 0. The molecule has 10 nitrogen and oxygen atoms in total. The van der Waals surface area contributed by atoms with Crippen LogP contribution in [-0.4, -0.2) is 42.2 Å². The summed E-state index contributed by atoms with van der Waals surface area (Å²) < 4.78 is 81.5. The zero-order valence-electron chi connectivity index (χ0n) is 17.1. The van der Waals surface area contributed by atoms with Gasteiger partial charge in [0.2, 0.25) is 5.82 Å². The Balaban J connectivity index is 1.65. The Bertz CT molecular complexity index is 1100. The highest BCUT2D eigenvalue weighted by molar-refractivity contribution is 7.87. The van der Waals surface area contributed by atoms with Crippen molar-refractivity contribution in [3.8, 4) is 0 Å². The van der Waals surface area contributed by atoms with Gasteiger partial charge in [-0.3, -0.25) is 0 Å². The summed E-state index contributed by atoms with van der Waals surface area (Å²) in [6.07, 6.45) is -2.41. The second kappa shape index (κ2) is 10.0. The third-order valence-electron chi connectivity index (χ3n) is 5.35. The smallest absolute Gasteiger partial charge is 0.411 e. The first-order valence-corrected chi connectivity index (χ1v) is 11.4. The molecule has 2 aromatic rings. The van der Waals surface area contributed by atoms with Crippen molar-refractivity contribution in [3.05, 3.63) is 40.8 Å². The molecule has 1 aromatic carbocycles. The summed E-state index contributed by atoms with van der Waals surface area (Å²) in [4.78, 5) is 0. The van der Waals surface area contributed by atoms with Gasteiger partial charge < -0.3 is 10.5 Å². The van der Waals surface area contributed by atoms with E-state index in [1.807, 2.05) is 0 Å².